The second kappa shape index (κ2) is 5.05. The minimum Gasteiger partial charge on any atom is -0.311 e. The monoisotopic (exact) mass is 239 g/mol. The number of benzene rings is 2. The van der Waals surface area contributed by atoms with Gasteiger partial charge in [0, 0.05) is 18.3 Å². The minimum atomic E-state index is 0.0213. The van der Waals surface area contributed by atoms with E-state index < -0.39 is 0 Å². The lowest BCUT2D eigenvalue weighted by atomic mass is 10.1. The maximum Gasteiger partial charge on any atom is 0.258 e. The van der Waals surface area contributed by atoms with Gasteiger partial charge in [0.25, 0.3) is 5.91 Å². The molecule has 0 unspecified atom stereocenters. The zero-order valence-corrected chi connectivity index (χ0v) is 11.0. The molecule has 2 rings (SSSR count). The third-order valence-electron chi connectivity index (χ3n) is 2.92. The Bertz CT molecular complexity index is 540. The first-order valence-corrected chi connectivity index (χ1v) is 5.99. The van der Waals surface area contributed by atoms with Crippen LogP contribution in [-0.4, -0.2) is 13.0 Å². The van der Waals surface area contributed by atoms with Crippen molar-refractivity contribution >= 4 is 11.6 Å². The van der Waals surface area contributed by atoms with Crippen LogP contribution in [0.15, 0.2) is 48.5 Å². The van der Waals surface area contributed by atoms with E-state index in [1.165, 1.54) is 0 Å². The van der Waals surface area contributed by atoms with E-state index in [0.29, 0.717) is 0 Å². The van der Waals surface area contributed by atoms with Crippen LogP contribution in [0.25, 0.3) is 0 Å². The molecule has 0 radical (unpaired) electrons. The maximum atomic E-state index is 12.4. The Morgan fingerprint density at radius 2 is 1.50 bits per heavy atom. The number of carbonyl (C=O) groups excluding carboxylic acids is 1. The maximum absolute atomic E-state index is 12.4. The quantitative estimate of drug-likeness (QED) is 0.784. The second-order valence-electron chi connectivity index (χ2n) is 4.58. The number of anilines is 1. The molecule has 18 heavy (non-hydrogen) atoms. The van der Waals surface area contributed by atoms with Crippen molar-refractivity contribution in [3.63, 3.8) is 0 Å². The third-order valence-corrected chi connectivity index (χ3v) is 2.92. The summed E-state index contributed by atoms with van der Waals surface area (Å²) in [6, 6.07) is 15.6. The van der Waals surface area contributed by atoms with E-state index >= 15 is 0 Å². The van der Waals surface area contributed by atoms with E-state index in [4.69, 9.17) is 0 Å². The normalized spacial score (nSPS) is 10.2. The predicted octanol–water partition coefficient (Wildman–Crippen LogP) is 3.58. The number of rotatable bonds is 2. The first kappa shape index (κ1) is 12.4. The summed E-state index contributed by atoms with van der Waals surface area (Å²) in [5, 5.41) is 0. The predicted molar refractivity (Wildman–Crippen MR) is 75.1 cm³/mol. The highest BCUT2D eigenvalue weighted by molar-refractivity contribution is 6.05. The summed E-state index contributed by atoms with van der Waals surface area (Å²) in [6.45, 7) is 4.01. The van der Waals surface area contributed by atoms with Gasteiger partial charge >= 0.3 is 0 Å². The molecule has 0 saturated carbocycles. The molecule has 1 amide bonds. The van der Waals surface area contributed by atoms with E-state index in [1.54, 1.807) is 11.9 Å². The summed E-state index contributed by atoms with van der Waals surface area (Å²) < 4.78 is 0. The average Bonchev–Trinajstić information content (AvgIpc) is 2.37. The fraction of sp³-hybridized carbons (Fsp3) is 0.188. The molecule has 0 aliphatic carbocycles. The van der Waals surface area contributed by atoms with Gasteiger partial charge < -0.3 is 4.90 Å². The van der Waals surface area contributed by atoms with Crippen LogP contribution in [0.4, 0.5) is 5.69 Å². The lowest BCUT2D eigenvalue weighted by molar-refractivity contribution is 0.0993. The van der Waals surface area contributed by atoms with Crippen molar-refractivity contribution in [2.45, 2.75) is 13.8 Å². The van der Waals surface area contributed by atoms with Gasteiger partial charge in [-0.25, -0.2) is 0 Å². The van der Waals surface area contributed by atoms with Crippen LogP contribution in [0.2, 0.25) is 0 Å². The zero-order chi connectivity index (χ0) is 13.1. The van der Waals surface area contributed by atoms with E-state index in [9.17, 15) is 4.79 Å². The van der Waals surface area contributed by atoms with E-state index in [1.807, 2.05) is 56.3 Å². The molecule has 2 aromatic carbocycles. The Kier molecular flexibility index (Phi) is 3.47. The summed E-state index contributed by atoms with van der Waals surface area (Å²) in [6.07, 6.45) is 0. The molecule has 2 aromatic rings. The third kappa shape index (κ3) is 2.59. The molecule has 0 heterocycles. The second-order valence-corrected chi connectivity index (χ2v) is 4.58. The van der Waals surface area contributed by atoms with Crippen LogP contribution < -0.4 is 4.90 Å². The van der Waals surface area contributed by atoms with Crippen LogP contribution in [0, 0.1) is 13.8 Å². The van der Waals surface area contributed by atoms with Crippen molar-refractivity contribution < 1.29 is 4.79 Å². The zero-order valence-electron chi connectivity index (χ0n) is 11.0. The Balaban J connectivity index is 2.31. The van der Waals surface area contributed by atoms with Crippen molar-refractivity contribution in [1.82, 2.24) is 0 Å². The fourth-order valence-corrected chi connectivity index (χ4v) is 2.06. The molecule has 0 bridgehead atoms. The summed E-state index contributed by atoms with van der Waals surface area (Å²) in [4.78, 5) is 14.1. The first-order valence-electron chi connectivity index (χ1n) is 5.99. The number of carbonyl (C=O) groups is 1. The van der Waals surface area contributed by atoms with Crippen molar-refractivity contribution in [2.24, 2.45) is 0 Å². The average molecular weight is 239 g/mol. The largest absolute Gasteiger partial charge is 0.311 e. The molecule has 0 spiro atoms. The van der Waals surface area contributed by atoms with Gasteiger partial charge in [0.1, 0.15) is 0 Å². The highest BCUT2D eigenvalue weighted by Gasteiger charge is 2.13. The van der Waals surface area contributed by atoms with Crippen LogP contribution in [-0.2, 0) is 0 Å². The summed E-state index contributed by atoms with van der Waals surface area (Å²) in [5.41, 5.74) is 3.86. The van der Waals surface area contributed by atoms with Gasteiger partial charge in [-0.2, -0.15) is 0 Å². The highest BCUT2D eigenvalue weighted by Crippen LogP contribution is 2.16. The Hall–Kier alpha value is -2.09. The number of hydrogen-bond acceptors (Lipinski definition) is 1. The van der Waals surface area contributed by atoms with E-state index in [2.05, 4.69) is 6.07 Å². The first-order chi connectivity index (χ1) is 8.58. The Labute approximate surface area is 108 Å². The molecule has 0 atom stereocenters. The molecule has 2 nitrogen and oxygen atoms in total. The van der Waals surface area contributed by atoms with E-state index in [0.717, 1.165) is 22.4 Å². The lowest BCUT2D eigenvalue weighted by Crippen LogP contribution is -2.26. The van der Waals surface area contributed by atoms with Gasteiger partial charge in [-0.1, -0.05) is 35.4 Å². The van der Waals surface area contributed by atoms with Gasteiger partial charge in [0.2, 0.25) is 0 Å². The highest BCUT2D eigenvalue weighted by atomic mass is 16.2. The smallest absolute Gasteiger partial charge is 0.258 e. The summed E-state index contributed by atoms with van der Waals surface area (Å²) in [7, 11) is 1.80. The molecule has 92 valence electrons. The van der Waals surface area contributed by atoms with Gasteiger partial charge in [0.15, 0.2) is 0 Å². The van der Waals surface area contributed by atoms with Gasteiger partial charge in [-0.15, -0.1) is 0 Å². The van der Waals surface area contributed by atoms with Crippen LogP contribution in [0.3, 0.4) is 0 Å². The van der Waals surface area contributed by atoms with Crippen molar-refractivity contribution in [1.29, 1.82) is 0 Å². The van der Waals surface area contributed by atoms with Crippen molar-refractivity contribution in [2.75, 3.05) is 11.9 Å². The van der Waals surface area contributed by atoms with E-state index in [-0.39, 0.29) is 5.91 Å². The number of para-hydroxylation sites is 1. The van der Waals surface area contributed by atoms with Crippen LogP contribution in [0.1, 0.15) is 21.5 Å². The van der Waals surface area contributed by atoms with Gasteiger partial charge in [-0.3, -0.25) is 4.79 Å². The van der Waals surface area contributed by atoms with Crippen molar-refractivity contribution in [3.05, 3.63) is 65.2 Å². The van der Waals surface area contributed by atoms with Crippen molar-refractivity contribution in [3.8, 4) is 0 Å². The summed E-state index contributed by atoms with van der Waals surface area (Å²) in [5.74, 6) is 0.0213. The lowest BCUT2D eigenvalue weighted by Gasteiger charge is -2.17. The minimum absolute atomic E-state index is 0.0213. The topological polar surface area (TPSA) is 20.3 Å². The number of nitrogens with zero attached hydrogens (tertiary/aromatic N) is 1. The summed E-state index contributed by atoms with van der Waals surface area (Å²) >= 11 is 0. The molecule has 0 aliphatic rings. The van der Waals surface area contributed by atoms with Gasteiger partial charge in [-0.05, 0) is 38.1 Å². The Morgan fingerprint density at radius 1 is 0.944 bits per heavy atom. The standard InChI is InChI=1S/C16H17NO/c1-12-9-13(2)11-14(10-12)16(18)17(3)15-7-5-4-6-8-15/h4-11H,1-3H3. The molecule has 0 fully saturated rings. The molecule has 2 heteroatoms. The van der Waals surface area contributed by atoms with Crippen LogP contribution >= 0.6 is 0 Å². The molecular formula is C16H17NO. The Morgan fingerprint density at radius 3 is 2.06 bits per heavy atom. The number of aryl methyl sites for hydroxylation is 2. The SMILES string of the molecule is Cc1cc(C)cc(C(=O)N(C)c2ccccc2)c1. The molecule has 0 saturated heterocycles. The fourth-order valence-electron chi connectivity index (χ4n) is 2.06. The molecule has 0 N–H and O–H groups in total. The van der Waals surface area contributed by atoms with Crippen LogP contribution in [0.5, 0.6) is 0 Å². The number of amides is 1. The number of hydrogen-bond donors (Lipinski definition) is 0. The molecular weight excluding hydrogens is 222 g/mol. The molecule has 0 aromatic heterocycles. The van der Waals surface area contributed by atoms with Gasteiger partial charge in [0.05, 0.1) is 0 Å². The molecule has 0 aliphatic heterocycles.